The number of hydrogen-bond acceptors (Lipinski definition) is 2. The van der Waals surface area contributed by atoms with E-state index < -0.39 is 0 Å². The Hall–Kier alpha value is -0.0800. The Morgan fingerprint density at radius 1 is 1.11 bits per heavy atom. The van der Waals surface area contributed by atoms with E-state index in [0.717, 1.165) is 12.5 Å². The first-order valence-electron chi connectivity index (χ1n) is 7.76. The van der Waals surface area contributed by atoms with E-state index in [1.807, 2.05) is 0 Å². The van der Waals surface area contributed by atoms with E-state index >= 15 is 0 Å². The molecule has 0 saturated carbocycles. The van der Waals surface area contributed by atoms with Gasteiger partial charge in [0.15, 0.2) is 0 Å². The summed E-state index contributed by atoms with van der Waals surface area (Å²) in [5.74, 6) is 0.765. The van der Waals surface area contributed by atoms with Crippen molar-refractivity contribution in [3.8, 4) is 0 Å². The lowest BCUT2D eigenvalue weighted by Gasteiger charge is -2.34. The summed E-state index contributed by atoms with van der Waals surface area (Å²) in [6.45, 7) is 20.9. The van der Waals surface area contributed by atoms with Crippen LogP contribution in [0, 0.1) is 11.3 Å². The third-order valence-corrected chi connectivity index (χ3v) is 3.49. The molecule has 2 nitrogen and oxygen atoms in total. The van der Waals surface area contributed by atoms with Gasteiger partial charge in [-0.15, -0.1) is 0 Å². The third kappa shape index (κ3) is 8.10. The highest BCUT2D eigenvalue weighted by Crippen LogP contribution is 2.22. The second-order valence-corrected chi connectivity index (χ2v) is 6.95. The Kier molecular flexibility index (Phi) is 8.89. The minimum Gasteiger partial charge on any atom is -0.313 e. The molecule has 0 aromatic carbocycles. The van der Waals surface area contributed by atoms with Gasteiger partial charge in [-0.3, -0.25) is 0 Å². The van der Waals surface area contributed by atoms with Crippen molar-refractivity contribution < 1.29 is 0 Å². The molecular formula is C16H36N2. The number of rotatable bonds is 9. The maximum absolute atomic E-state index is 3.72. The molecule has 0 amide bonds. The summed E-state index contributed by atoms with van der Waals surface area (Å²) in [6, 6.07) is 0.624. The highest BCUT2D eigenvalue weighted by atomic mass is 15.1. The third-order valence-electron chi connectivity index (χ3n) is 3.49. The lowest BCUT2D eigenvalue weighted by Crippen LogP contribution is -2.43. The lowest BCUT2D eigenvalue weighted by molar-refractivity contribution is 0.197. The Morgan fingerprint density at radius 2 is 1.72 bits per heavy atom. The second kappa shape index (κ2) is 8.92. The number of nitrogens with zero attached hydrogens (tertiary/aromatic N) is 1. The van der Waals surface area contributed by atoms with Crippen LogP contribution in [0.4, 0.5) is 0 Å². The zero-order valence-corrected chi connectivity index (χ0v) is 13.8. The minimum absolute atomic E-state index is 0.354. The van der Waals surface area contributed by atoms with Crippen LogP contribution in [0.3, 0.4) is 0 Å². The van der Waals surface area contributed by atoms with Crippen molar-refractivity contribution >= 4 is 0 Å². The molecule has 0 saturated heterocycles. The van der Waals surface area contributed by atoms with Crippen LogP contribution >= 0.6 is 0 Å². The smallest absolute Gasteiger partial charge is 0.0128 e. The quantitative estimate of drug-likeness (QED) is 0.675. The second-order valence-electron chi connectivity index (χ2n) is 6.95. The van der Waals surface area contributed by atoms with Crippen molar-refractivity contribution in [2.45, 2.75) is 67.3 Å². The summed E-state index contributed by atoms with van der Waals surface area (Å²) in [7, 11) is 0. The molecule has 0 radical (unpaired) electrons. The fourth-order valence-electron chi connectivity index (χ4n) is 2.37. The van der Waals surface area contributed by atoms with Gasteiger partial charge in [-0.25, -0.2) is 0 Å². The van der Waals surface area contributed by atoms with Crippen LogP contribution in [0.15, 0.2) is 0 Å². The monoisotopic (exact) mass is 256 g/mol. The molecule has 0 bridgehead atoms. The molecule has 0 aliphatic heterocycles. The zero-order valence-electron chi connectivity index (χ0n) is 13.8. The maximum atomic E-state index is 3.72. The molecule has 0 aromatic rings. The Bertz CT molecular complexity index is 194. The van der Waals surface area contributed by atoms with E-state index in [2.05, 4.69) is 58.7 Å². The highest BCUT2D eigenvalue weighted by molar-refractivity contribution is 4.81. The van der Waals surface area contributed by atoms with Gasteiger partial charge in [0.05, 0.1) is 0 Å². The predicted octanol–water partition coefficient (Wildman–Crippen LogP) is 3.77. The van der Waals surface area contributed by atoms with E-state index in [0.29, 0.717) is 11.5 Å². The molecule has 2 heteroatoms. The van der Waals surface area contributed by atoms with E-state index in [1.165, 1.54) is 32.5 Å². The van der Waals surface area contributed by atoms with E-state index in [1.54, 1.807) is 0 Å². The minimum atomic E-state index is 0.354. The summed E-state index contributed by atoms with van der Waals surface area (Å²) in [4.78, 5) is 2.58. The van der Waals surface area contributed by atoms with Crippen LogP contribution in [0.1, 0.15) is 61.3 Å². The van der Waals surface area contributed by atoms with Crippen LogP contribution in [0.5, 0.6) is 0 Å². The van der Waals surface area contributed by atoms with Gasteiger partial charge in [0.2, 0.25) is 0 Å². The molecule has 0 heterocycles. The average molecular weight is 256 g/mol. The van der Waals surface area contributed by atoms with Gasteiger partial charge in [-0.05, 0) is 43.8 Å². The van der Waals surface area contributed by atoms with Gasteiger partial charge < -0.3 is 10.2 Å². The summed E-state index contributed by atoms with van der Waals surface area (Å²) in [6.07, 6.45) is 2.47. The summed E-state index contributed by atoms with van der Waals surface area (Å²) in [5, 5.41) is 3.72. The average Bonchev–Trinajstić information content (AvgIpc) is 2.25. The molecule has 0 aliphatic rings. The van der Waals surface area contributed by atoms with Gasteiger partial charge in [0.25, 0.3) is 0 Å². The van der Waals surface area contributed by atoms with Crippen molar-refractivity contribution in [3.63, 3.8) is 0 Å². The van der Waals surface area contributed by atoms with Crippen molar-refractivity contribution in [3.05, 3.63) is 0 Å². The van der Waals surface area contributed by atoms with Crippen LogP contribution in [-0.4, -0.2) is 37.1 Å². The Morgan fingerprint density at radius 3 is 2.11 bits per heavy atom. The highest BCUT2D eigenvalue weighted by Gasteiger charge is 2.24. The maximum Gasteiger partial charge on any atom is 0.0128 e. The molecule has 18 heavy (non-hydrogen) atoms. The van der Waals surface area contributed by atoms with Crippen molar-refractivity contribution in [1.82, 2.24) is 10.2 Å². The number of nitrogens with one attached hydrogen (secondary N) is 1. The van der Waals surface area contributed by atoms with E-state index in [-0.39, 0.29) is 0 Å². The summed E-state index contributed by atoms with van der Waals surface area (Å²) in [5.41, 5.74) is 0.354. The van der Waals surface area contributed by atoms with Crippen LogP contribution in [0.2, 0.25) is 0 Å². The first-order chi connectivity index (χ1) is 8.31. The Balaban J connectivity index is 4.22. The zero-order chi connectivity index (χ0) is 14.2. The van der Waals surface area contributed by atoms with Gasteiger partial charge in [-0.2, -0.15) is 0 Å². The van der Waals surface area contributed by atoms with E-state index in [9.17, 15) is 0 Å². The van der Waals surface area contributed by atoms with Crippen molar-refractivity contribution in [2.24, 2.45) is 11.3 Å². The molecule has 110 valence electrons. The lowest BCUT2D eigenvalue weighted by atomic mass is 9.84. The Labute approximate surface area is 116 Å². The summed E-state index contributed by atoms with van der Waals surface area (Å²) >= 11 is 0. The van der Waals surface area contributed by atoms with Gasteiger partial charge in [-0.1, -0.05) is 48.5 Å². The summed E-state index contributed by atoms with van der Waals surface area (Å²) < 4.78 is 0. The van der Waals surface area contributed by atoms with Crippen LogP contribution < -0.4 is 5.32 Å². The van der Waals surface area contributed by atoms with Crippen LogP contribution in [-0.2, 0) is 0 Å². The van der Waals surface area contributed by atoms with Crippen molar-refractivity contribution in [2.75, 3.05) is 26.2 Å². The molecule has 0 fully saturated rings. The molecule has 0 aliphatic carbocycles. The fraction of sp³-hybridized carbons (Fsp3) is 1.00. The molecule has 1 atom stereocenters. The molecular weight excluding hydrogens is 220 g/mol. The fourth-order valence-corrected chi connectivity index (χ4v) is 2.37. The standard InChI is InChI=1S/C16H36N2/c1-8-11-17-15(16(5,6)7)10-12-18(9-2)13-14(3)4/h14-15,17H,8-13H2,1-7H3. The largest absolute Gasteiger partial charge is 0.313 e. The first-order valence-corrected chi connectivity index (χ1v) is 7.76. The molecule has 0 rings (SSSR count). The molecule has 1 N–H and O–H groups in total. The predicted molar refractivity (Wildman–Crippen MR) is 83.1 cm³/mol. The SMILES string of the molecule is CCCNC(CCN(CC)CC(C)C)C(C)(C)C. The van der Waals surface area contributed by atoms with Crippen LogP contribution in [0.25, 0.3) is 0 Å². The normalized spacial score (nSPS) is 14.5. The topological polar surface area (TPSA) is 15.3 Å². The molecule has 1 unspecified atom stereocenters. The number of hydrogen-bond donors (Lipinski definition) is 1. The van der Waals surface area contributed by atoms with Gasteiger partial charge in [0.1, 0.15) is 0 Å². The molecule has 0 spiro atoms. The molecule has 0 aromatic heterocycles. The van der Waals surface area contributed by atoms with Gasteiger partial charge in [0, 0.05) is 12.6 Å². The van der Waals surface area contributed by atoms with Gasteiger partial charge >= 0.3 is 0 Å². The van der Waals surface area contributed by atoms with Crippen molar-refractivity contribution in [1.29, 1.82) is 0 Å². The first kappa shape index (κ1) is 17.9. The van der Waals surface area contributed by atoms with E-state index in [4.69, 9.17) is 0 Å².